The molecular formula is C29H36N4O4. The smallest absolute Gasteiger partial charge is 0.267 e. The van der Waals surface area contributed by atoms with Crippen LogP contribution in [0, 0.1) is 0 Å². The molecule has 4 N–H and O–H groups in total. The lowest BCUT2D eigenvalue weighted by Gasteiger charge is -2.27. The zero-order chi connectivity index (χ0) is 26.4. The summed E-state index contributed by atoms with van der Waals surface area (Å²) in [6, 6.07) is 15.6. The molecule has 1 aliphatic heterocycles. The Labute approximate surface area is 217 Å². The van der Waals surface area contributed by atoms with Gasteiger partial charge in [-0.15, -0.1) is 0 Å². The minimum absolute atomic E-state index is 0.00612. The molecule has 0 bridgehead atoms. The van der Waals surface area contributed by atoms with Crippen molar-refractivity contribution >= 4 is 28.8 Å². The van der Waals surface area contributed by atoms with Crippen LogP contribution in [0.15, 0.2) is 60.8 Å². The number of nitrogens with one attached hydrogen (secondary N) is 3. The van der Waals surface area contributed by atoms with E-state index in [0.29, 0.717) is 26.1 Å². The SMILES string of the molecule is CC(C)(C)OC1CNC(C(=O)N(CCc2c[nH]c3ccccc23)Cc2ccc(/C=C/C(=O)NO)cc2)C1. The molecule has 196 valence electrons. The van der Waals surface area contributed by atoms with Crippen LogP contribution in [-0.2, 0) is 27.3 Å². The summed E-state index contributed by atoms with van der Waals surface area (Å²) in [4.78, 5) is 30.2. The van der Waals surface area contributed by atoms with E-state index in [0.717, 1.165) is 23.1 Å². The number of ether oxygens (including phenoxy) is 1. The summed E-state index contributed by atoms with van der Waals surface area (Å²) in [5.41, 5.74) is 5.42. The monoisotopic (exact) mass is 504 g/mol. The summed E-state index contributed by atoms with van der Waals surface area (Å²) >= 11 is 0. The number of hydroxylamine groups is 1. The van der Waals surface area contributed by atoms with E-state index in [1.165, 1.54) is 17.0 Å². The van der Waals surface area contributed by atoms with Crippen LogP contribution >= 0.6 is 0 Å². The van der Waals surface area contributed by atoms with Crippen molar-refractivity contribution in [2.24, 2.45) is 0 Å². The van der Waals surface area contributed by atoms with E-state index < -0.39 is 5.91 Å². The number of nitrogens with zero attached hydrogens (tertiary/aromatic N) is 1. The van der Waals surface area contributed by atoms with Crippen LogP contribution in [0.5, 0.6) is 0 Å². The molecule has 2 atom stereocenters. The zero-order valence-corrected chi connectivity index (χ0v) is 21.7. The van der Waals surface area contributed by atoms with Crippen molar-refractivity contribution in [3.63, 3.8) is 0 Å². The van der Waals surface area contributed by atoms with E-state index in [1.54, 1.807) is 11.6 Å². The summed E-state index contributed by atoms with van der Waals surface area (Å²) in [6.07, 6.45) is 6.29. The lowest BCUT2D eigenvalue weighted by molar-refractivity contribution is -0.134. The van der Waals surface area contributed by atoms with E-state index in [2.05, 4.69) is 22.4 Å². The quantitative estimate of drug-likeness (QED) is 0.201. The highest BCUT2D eigenvalue weighted by Crippen LogP contribution is 2.22. The molecule has 2 heterocycles. The molecule has 0 saturated carbocycles. The second-order valence-electron chi connectivity index (χ2n) is 10.5. The van der Waals surface area contributed by atoms with Gasteiger partial charge in [0, 0.05) is 42.8 Å². The zero-order valence-electron chi connectivity index (χ0n) is 21.7. The van der Waals surface area contributed by atoms with Crippen LogP contribution in [-0.4, -0.2) is 57.7 Å². The first-order valence-electron chi connectivity index (χ1n) is 12.7. The Hall–Kier alpha value is -3.46. The van der Waals surface area contributed by atoms with Gasteiger partial charge in [-0.3, -0.25) is 14.8 Å². The van der Waals surface area contributed by atoms with Crippen molar-refractivity contribution < 1.29 is 19.5 Å². The number of benzene rings is 2. The van der Waals surface area contributed by atoms with Crippen molar-refractivity contribution in [2.75, 3.05) is 13.1 Å². The molecule has 0 radical (unpaired) electrons. The summed E-state index contributed by atoms with van der Waals surface area (Å²) in [5.74, 6) is -0.514. The average Bonchev–Trinajstić information content (AvgIpc) is 3.51. The van der Waals surface area contributed by atoms with Gasteiger partial charge in [0.25, 0.3) is 5.91 Å². The number of aromatic nitrogens is 1. The number of amides is 2. The number of fused-ring (bicyclic) bond motifs is 1. The van der Waals surface area contributed by atoms with Crippen molar-refractivity contribution in [2.45, 2.75) is 57.9 Å². The molecule has 4 rings (SSSR count). The number of hydrogen-bond donors (Lipinski definition) is 4. The van der Waals surface area contributed by atoms with E-state index in [4.69, 9.17) is 9.94 Å². The fourth-order valence-corrected chi connectivity index (χ4v) is 4.73. The molecule has 0 aliphatic carbocycles. The molecule has 8 nitrogen and oxygen atoms in total. The highest BCUT2D eigenvalue weighted by molar-refractivity contribution is 5.90. The molecule has 3 aromatic rings. The molecule has 37 heavy (non-hydrogen) atoms. The number of aromatic amines is 1. The van der Waals surface area contributed by atoms with Crippen molar-refractivity contribution in [3.05, 3.63) is 77.5 Å². The van der Waals surface area contributed by atoms with Crippen LogP contribution in [0.25, 0.3) is 17.0 Å². The van der Waals surface area contributed by atoms with Gasteiger partial charge in [0.1, 0.15) is 0 Å². The fraction of sp³-hybridized carbons (Fsp3) is 0.379. The van der Waals surface area contributed by atoms with Gasteiger partial charge in [0.2, 0.25) is 5.91 Å². The third-order valence-corrected chi connectivity index (χ3v) is 6.44. The van der Waals surface area contributed by atoms with Crippen molar-refractivity contribution in [1.29, 1.82) is 0 Å². The maximum Gasteiger partial charge on any atom is 0.267 e. The van der Waals surface area contributed by atoms with Crippen LogP contribution < -0.4 is 10.8 Å². The Kier molecular flexibility index (Phi) is 8.43. The molecule has 2 amide bonds. The highest BCUT2D eigenvalue weighted by atomic mass is 16.5. The van der Waals surface area contributed by atoms with E-state index >= 15 is 0 Å². The van der Waals surface area contributed by atoms with Gasteiger partial charge in [0.05, 0.1) is 17.7 Å². The first kappa shape index (κ1) is 26.6. The summed E-state index contributed by atoms with van der Waals surface area (Å²) in [7, 11) is 0. The number of rotatable bonds is 9. The van der Waals surface area contributed by atoms with Gasteiger partial charge >= 0.3 is 0 Å². The first-order chi connectivity index (χ1) is 17.7. The summed E-state index contributed by atoms with van der Waals surface area (Å²) in [5, 5.41) is 13.2. The van der Waals surface area contributed by atoms with Crippen molar-refractivity contribution in [3.8, 4) is 0 Å². The largest absolute Gasteiger partial charge is 0.371 e. The second kappa shape index (κ2) is 11.7. The van der Waals surface area contributed by atoms with Crippen LogP contribution in [0.1, 0.15) is 43.9 Å². The lowest BCUT2D eigenvalue weighted by Crippen LogP contribution is -2.44. The first-order valence-corrected chi connectivity index (χ1v) is 12.7. The molecule has 1 saturated heterocycles. The molecule has 0 spiro atoms. The molecule has 1 aliphatic rings. The van der Waals surface area contributed by atoms with Crippen molar-refractivity contribution in [1.82, 2.24) is 20.7 Å². The normalized spacial score (nSPS) is 17.9. The number of para-hydroxylation sites is 1. The third kappa shape index (κ3) is 7.29. The standard InChI is InChI=1S/C29H36N4O4/c1-29(2,3)37-23-16-26(31-18-23)28(35)33(15-14-22-17-30-25-7-5-4-6-24(22)25)19-21-10-8-20(9-11-21)12-13-27(34)32-36/h4-13,17,23,26,30-31,36H,14-16,18-19H2,1-3H3,(H,32,34)/b13-12+. The predicted octanol–water partition coefficient (Wildman–Crippen LogP) is 3.80. The van der Waals surface area contributed by atoms with Gasteiger partial charge in [-0.25, -0.2) is 5.48 Å². The summed E-state index contributed by atoms with van der Waals surface area (Å²) < 4.78 is 6.12. The number of H-pyrrole nitrogens is 1. The fourth-order valence-electron chi connectivity index (χ4n) is 4.73. The maximum atomic E-state index is 13.7. The van der Waals surface area contributed by atoms with Crippen LogP contribution in [0.3, 0.4) is 0 Å². The van der Waals surface area contributed by atoms with E-state index in [-0.39, 0.29) is 23.7 Å². The van der Waals surface area contributed by atoms with Gasteiger partial charge in [0.15, 0.2) is 0 Å². The van der Waals surface area contributed by atoms with Crippen LogP contribution in [0.4, 0.5) is 0 Å². The molecular weight excluding hydrogens is 468 g/mol. The Balaban J connectivity index is 1.48. The minimum atomic E-state index is -0.587. The number of carbonyl (C=O) groups excluding carboxylic acids is 2. The van der Waals surface area contributed by atoms with Gasteiger partial charge in [-0.2, -0.15) is 0 Å². The lowest BCUT2D eigenvalue weighted by atomic mass is 10.1. The Bertz CT molecular complexity index is 1240. The Morgan fingerprint density at radius 2 is 1.92 bits per heavy atom. The van der Waals surface area contributed by atoms with Gasteiger partial charge in [-0.1, -0.05) is 42.5 Å². The Morgan fingerprint density at radius 3 is 2.65 bits per heavy atom. The number of hydrogen-bond acceptors (Lipinski definition) is 5. The predicted molar refractivity (Wildman–Crippen MR) is 144 cm³/mol. The maximum absolute atomic E-state index is 13.7. The molecule has 2 aromatic carbocycles. The minimum Gasteiger partial charge on any atom is -0.371 e. The molecule has 2 unspecified atom stereocenters. The third-order valence-electron chi connectivity index (χ3n) is 6.44. The molecule has 8 heteroatoms. The second-order valence-corrected chi connectivity index (χ2v) is 10.5. The average molecular weight is 505 g/mol. The van der Waals surface area contributed by atoms with Crippen LogP contribution in [0.2, 0.25) is 0 Å². The van der Waals surface area contributed by atoms with Gasteiger partial charge < -0.3 is 19.9 Å². The molecule has 1 aromatic heterocycles. The van der Waals surface area contributed by atoms with E-state index in [9.17, 15) is 9.59 Å². The molecule has 1 fully saturated rings. The Morgan fingerprint density at radius 1 is 1.16 bits per heavy atom. The van der Waals surface area contributed by atoms with E-state index in [1.807, 2.05) is 68.3 Å². The van der Waals surface area contributed by atoms with Gasteiger partial charge in [-0.05, 0) is 62.4 Å². The summed E-state index contributed by atoms with van der Waals surface area (Å²) in [6.45, 7) is 7.82. The topological polar surface area (TPSA) is 107 Å². The highest BCUT2D eigenvalue weighted by Gasteiger charge is 2.34. The number of carbonyl (C=O) groups is 2.